The van der Waals surface area contributed by atoms with E-state index in [0.29, 0.717) is 29.2 Å². The van der Waals surface area contributed by atoms with E-state index in [9.17, 15) is 4.79 Å². The van der Waals surface area contributed by atoms with Crippen molar-refractivity contribution in [3.63, 3.8) is 0 Å². The molecule has 1 saturated carbocycles. The van der Waals surface area contributed by atoms with E-state index >= 15 is 0 Å². The van der Waals surface area contributed by atoms with E-state index in [-0.39, 0.29) is 24.8 Å². The van der Waals surface area contributed by atoms with Gasteiger partial charge in [0.15, 0.2) is 5.76 Å². The first-order chi connectivity index (χ1) is 15.3. The number of benzene rings is 1. The van der Waals surface area contributed by atoms with E-state index in [4.69, 9.17) is 18.6 Å². The van der Waals surface area contributed by atoms with Crippen LogP contribution in [0.25, 0.3) is 22.4 Å². The van der Waals surface area contributed by atoms with Gasteiger partial charge in [0.1, 0.15) is 30.0 Å². The largest absolute Gasteiger partial charge is 0.474 e. The van der Waals surface area contributed by atoms with Crippen LogP contribution in [-0.4, -0.2) is 40.4 Å². The highest BCUT2D eigenvalue weighted by molar-refractivity contribution is 9.10. The normalized spacial score (nSPS) is 19.1. The van der Waals surface area contributed by atoms with Gasteiger partial charge in [0.2, 0.25) is 11.6 Å². The van der Waals surface area contributed by atoms with Crippen LogP contribution >= 0.6 is 15.9 Å². The summed E-state index contributed by atoms with van der Waals surface area (Å²) >= 11 is 3.65. The zero-order chi connectivity index (χ0) is 22.7. The molecule has 2 aromatic heterocycles. The predicted molar refractivity (Wildman–Crippen MR) is 123 cm³/mol. The molecule has 32 heavy (non-hydrogen) atoms. The number of esters is 1. The third kappa shape index (κ3) is 5.48. The Morgan fingerprint density at radius 2 is 1.91 bits per heavy atom. The average Bonchev–Trinajstić information content (AvgIpc) is 3.10. The zero-order valence-corrected chi connectivity index (χ0v) is 20.1. The Bertz CT molecular complexity index is 1080. The molecule has 3 aromatic rings. The second-order valence-corrected chi connectivity index (χ2v) is 9.69. The van der Waals surface area contributed by atoms with Gasteiger partial charge in [0.05, 0.1) is 10.6 Å². The highest BCUT2D eigenvalue weighted by atomic mass is 79.9. The molecule has 2 atom stereocenters. The summed E-state index contributed by atoms with van der Waals surface area (Å²) in [5, 5.41) is 0.711. The molecule has 7 nitrogen and oxygen atoms in total. The van der Waals surface area contributed by atoms with E-state index in [1.807, 2.05) is 51.1 Å². The lowest BCUT2D eigenvalue weighted by Crippen LogP contribution is -2.33. The molecule has 0 saturated heterocycles. The summed E-state index contributed by atoms with van der Waals surface area (Å²) in [5.74, 6) is 0.813. The van der Waals surface area contributed by atoms with Gasteiger partial charge in [-0.25, -0.2) is 14.8 Å². The number of carbonyl (C=O) groups is 1. The maximum atomic E-state index is 12.0. The summed E-state index contributed by atoms with van der Waals surface area (Å²) in [7, 11) is 0. The Kier molecular flexibility index (Phi) is 6.81. The quantitative estimate of drug-likeness (QED) is 0.399. The van der Waals surface area contributed by atoms with Crippen LogP contribution in [0.1, 0.15) is 46.5 Å². The van der Waals surface area contributed by atoms with Gasteiger partial charge in [-0.15, -0.1) is 0 Å². The molecular formula is C24H27BrN2O5. The van der Waals surface area contributed by atoms with Crippen LogP contribution in [0.2, 0.25) is 0 Å². The van der Waals surface area contributed by atoms with Gasteiger partial charge in [-0.05, 0) is 56.0 Å². The molecule has 4 rings (SSSR count). The highest BCUT2D eigenvalue weighted by Crippen LogP contribution is 2.41. The Labute approximate surface area is 195 Å². The van der Waals surface area contributed by atoms with Crippen molar-refractivity contribution in [3.05, 3.63) is 41.1 Å². The third-order valence-electron chi connectivity index (χ3n) is 5.14. The van der Waals surface area contributed by atoms with Crippen molar-refractivity contribution in [2.45, 2.75) is 64.3 Å². The fourth-order valence-electron chi connectivity index (χ4n) is 3.81. The molecule has 1 fully saturated rings. The molecule has 8 heteroatoms. The molecule has 0 amide bonds. The molecule has 0 unspecified atom stereocenters. The predicted octanol–water partition coefficient (Wildman–Crippen LogP) is 5.70. The molecular weight excluding hydrogens is 476 g/mol. The van der Waals surface area contributed by atoms with Crippen molar-refractivity contribution >= 4 is 33.0 Å². The smallest absolute Gasteiger partial charge is 0.332 e. The van der Waals surface area contributed by atoms with Gasteiger partial charge in [-0.2, -0.15) is 0 Å². The molecule has 170 valence electrons. The molecule has 0 aliphatic heterocycles. The molecule has 1 aromatic carbocycles. The van der Waals surface area contributed by atoms with Crippen molar-refractivity contribution in [2.75, 3.05) is 6.61 Å². The van der Waals surface area contributed by atoms with Crippen LogP contribution in [0.3, 0.4) is 0 Å². The van der Waals surface area contributed by atoms with Crippen molar-refractivity contribution in [3.8, 4) is 17.2 Å². The van der Waals surface area contributed by atoms with E-state index in [2.05, 4.69) is 25.9 Å². The number of nitrogens with zero attached hydrogens (tertiary/aromatic N) is 2. The van der Waals surface area contributed by atoms with Gasteiger partial charge in [0, 0.05) is 12.0 Å². The number of furan rings is 1. The van der Waals surface area contributed by atoms with Crippen LogP contribution in [0.4, 0.5) is 0 Å². The van der Waals surface area contributed by atoms with Crippen LogP contribution < -0.4 is 4.74 Å². The summed E-state index contributed by atoms with van der Waals surface area (Å²) in [6.45, 7) is 5.47. The number of hydrogen-bond acceptors (Lipinski definition) is 7. The molecule has 0 bridgehead atoms. The zero-order valence-electron chi connectivity index (χ0n) is 18.5. The number of halogens is 1. The first-order valence-electron chi connectivity index (χ1n) is 10.8. The van der Waals surface area contributed by atoms with Gasteiger partial charge >= 0.3 is 5.97 Å². The second kappa shape index (κ2) is 9.58. The van der Waals surface area contributed by atoms with Crippen molar-refractivity contribution in [1.29, 1.82) is 0 Å². The van der Waals surface area contributed by atoms with Gasteiger partial charge in [0.25, 0.3) is 0 Å². The van der Waals surface area contributed by atoms with E-state index in [1.54, 1.807) is 0 Å². The standard InChI is InChI=1S/C24H27BrN2O5/c1-24(2,3)32-18(28)13-29-16-10-7-11-17(12-16)30-22-19-20(25)21(15-8-5-4-6-9-15)31-23(19)27-14-26-22/h4-6,8-9,14,16-17H,7,10-13H2,1-3H3/t16-,17+/m0/s1. The first kappa shape index (κ1) is 22.7. The monoisotopic (exact) mass is 502 g/mol. The summed E-state index contributed by atoms with van der Waals surface area (Å²) in [6.07, 6.45) is 4.70. The first-order valence-corrected chi connectivity index (χ1v) is 11.6. The number of aromatic nitrogens is 2. The Hall–Kier alpha value is -2.45. The van der Waals surface area contributed by atoms with E-state index in [1.165, 1.54) is 6.33 Å². The number of fused-ring (bicyclic) bond motifs is 1. The fraction of sp³-hybridized carbons (Fsp3) is 0.458. The number of carbonyl (C=O) groups excluding carboxylic acids is 1. The molecule has 0 radical (unpaired) electrons. The summed E-state index contributed by atoms with van der Waals surface area (Å²) in [4.78, 5) is 20.6. The lowest BCUT2D eigenvalue weighted by atomic mass is 9.95. The minimum Gasteiger partial charge on any atom is -0.474 e. The Morgan fingerprint density at radius 1 is 1.16 bits per heavy atom. The summed E-state index contributed by atoms with van der Waals surface area (Å²) in [5.41, 5.74) is 0.888. The lowest BCUT2D eigenvalue weighted by Gasteiger charge is -2.29. The van der Waals surface area contributed by atoms with Gasteiger partial charge in [-0.3, -0.25) is 0 Å². The minimum atomic E-state index is -0.520. The van der Waals surface area contributed by atoms with Gasteiger partial charge in [-0.1, -0.05) is 30.3 Å². The fourth-order valence-corrected chi connectivity index (χ4v) is 4.46. The van der Waals surface area contributed by atoms with Crippen LogP contribution in [0.15, 0.2) is 45.5 Å². The van der Waals surface area contributed by atoms with E-state index in [0.717, 1.165) is 29.3 Å². The van der Waals surface area contributed by atoms with E-state index < -0.39 is 5.60 Å². The maximum Gasteiger partial charge on any atom is 0.332 e. The Balaban J connectivity index is 1.45. The number of hydrogen-bond donors (Lipinski definition) is 0. The van der Waals surface area contributed by atoms with Crippen molar-refractivity contribution in [1.82, 2.24) is 9.97 Å². The van der Waals surface area contributed by atoms with Crippen molar-refractivity contribution < 1.29 is 23.4 Å². The van der Waals surface area contributed by atoms with Crippen LogP contribution in [0.5, 0.6) is 5.88 Å². The van der Waals surface area contributed by atoms with Gasteiger partial charge < -0.3 is 18.6 Å². The molecule has 0 N–H and O–H groups in total. The highest BCUT2D eigenvalue weighted by Gasteiger charge is 2.28. The maximum absolute atomic E-state index is 12.0. The minimum absolute atomic E-state index is 0.0554. The van der Waals surface area contributed by atoms with Crippen LogP contribution in [-0.2, 0) is 14.3 Å². The molecule has 1 aliphatic carbocycles. The summed E-state index contributed by atoms with van der Waals surface area (Å²) in [6, 6.07) is 9.82. The molecule has 2 heterocycles. The number of rotatable bonds is 6. The average molecular weight is 503 g/mol. The molecule has 0 spiro atoms. The SMILES string of the molecule is CC(C)(C)OC(=O)CO[C@H]1CCC[C@@H](Oc2ncnc3oc(-c4ccccc4)c(Br)c23)C1. The third-order valence-corrected chi connectivity index (χ3v) is 5.90. The van der Waals surface area contributed by atoms with Crippen LogP contribution in [0, 0.1) is 0 Å². The Morgan fingerprint density at radius 3 is 2.66 bits per heavy atom. The second-order valence-electron chi connectivity index (χ2n) is 8.90. The number of ether oxygens (including phenoxy) is 3. The van der Waals surface area contributed by atoms with Crippen molar-refractivity contribution in [2.24, 2.45) is 0 Å². The lowest BCUT2D eigenvalue weighted by molar-refractivity contribution is -0.163. The topological polar surface area (TPSA) is 83.7 Å². The summed E-state index contributed by atoms with van der Waals surface area (Å²) < 4.78 is 24.2. The molecule has 1 aliphatic rings.